The number of rotatable bonds is 5. The van der Waals surface area contributed by atoms with Gasteiger partial charge in [0.15, 0.2) is 0 Å². The maximum Gasteiger partial charge on any atom is 0.303 e. The zero-order valence-electron chi connectivity index (χ0n) is 11.8. The van der Waals surface area contributed by atoms with E-state index in [-0.39, 0.29) is 30.8 Å². The number of hydrogen-bond acceptors (Lipinski definition) is 6. The van der Waals surface area contributed by atoms with Gasteiger partial charge in [-0.05, 0) is 17.7 Å². The molecule has 1 N–H and O–H groups in total. The predicted molar refractivity (Wildman–Crippen MR) is 80.1 cm³/mol. The van der Waals surface area contributed by atoms with Crippen molar-refractivity contribution in [2.45, 2.75) is 19.3 Å². The Morgan fingerprint density at radius 1 is 1.26 bits per heavy atom. The first-order valence-corrected chi connectivity index (χ1v) is 7.55. The summed E-state index contributed by atoms with van der Waals surface area (Å²) in [5.41, 5.74) is 0.528. The minimum absolute atomic E-state index is 0.0650. The maximum absolute atomic E-state index is 12.9. The number of nitrogens with zero attached hydrogens (tertiary/aromatic N) is 4. The molecule has 3 rings (SSSR count). The van der Waals surface area contributed by atoms with Gasteiger partial charge in [-0.1, -0.05) is 23.5 Å². The molecule has 23 heavy (non-hydrogen) atoms. The second kappa shape index (κ2) is 6.21. The monoisotopic (exact) mass is 334 g/mol. The molecule has 1 aromatic carbocycles. The molecule has 0 fully saturated rings. The van der Waals surface area contributed by atoms with Gasteiger partial charge in [0.2, 0.25) is 4.96 Å². The molecule has 0 radical (unpaired) electrons. The summed E-state index contributed by atoms with van der Waals surface area (Å²) in [6.45, 7) is 0. The summed E-state index contributed by atoms with van der Waals surface area (Å²) in [6.07, 6.45) is 0.386. The summed E-state index contributed by atoms with van der Waals surface area (Å²) in [7, 11) is 0. The van der Waals surface area contributed by atoms with Gasteiger partial charge in [0, 0.05) is 12.8 Å². The highest BCUT2D eigenvalue weighted by Crippen LogP contribution is 2.13. The topological polar surface area (TPSA) is 97.4 Å². The molecule has 2 heterocycles. The maximum atomic E-state index is 12.9. The third-order valence-corrected chi connectivity index (χ3v) is 4.09. The van der Waals surface area contributed by atoms with Crippen LogP contribution in [-0.2, 0) is 17.6 Å². The van der Waals surface area contributed by atoms with Crippen LogP contribution in [0.15, 0.2) is 29.1 Å². The zero-order chi connectivity index (χ0) is 16.4. The fourth-order valence-corrected chi connectivity index (χ4v) is 2.84. The Hall–Kier alpha value is -2.68. The van der Waals surface area contributed by atoms with Crippen LogP contribution in [0.4, 0.5) is 4.39 Å². The SMILES string of the molecule is O=C(O)CCc1nn2c(=O)c(Cc3ccc(F)cc3)nnc2s1. The summed E-state index contributed by atoms with van der Waals surface area (Å²) in [5.74, 6) is -1.28. The smallest absolute Gasteiger partial charge is 0.303 e. The number of aliphatic carboxylic acids is 1. The lowest BCUT2D eigenvalue weighted by Crippen LogP contribution is -2.22. The van der Waals surface area contributed by atoms with E-state index in [4.69, 9.17) is 5.11 Å². The number of benzene rings is 1. The molecule has 0 bridgehead atoms. The number of carboxylic acid groups (broad SMARTS) is 1. The van der Waals surface area contributed by atoms with E-state index in [1.807, 2.05) is 0 Å². The van der Waals surface area contributed by atoms with Gasteiger partial charge in [0.1, 0.15) is 16.5 Å². The molecule has 0 aliphatic heterocycles. The van der Waals surface area contributed by atoms with Crippen LogP contribution in [0.25, 0.3) is 4.96 Å². The van der Waals surface area contributed by atoms with Crippen LogP contribution in [0.2, 0.25) is 0 Å². The summed E-state index contributed by atoms with van der Waals surface area (Å²) >= 11 is 1.14. The van der Waals surface area contributed by atoms with Gasteiger partial charge in [0.25, 0.3) is 5.56 Å². The van der Waals surface area contributed by atoms with Crippen LogP contribution in [-0.4, -0.2) is 30.9 Å². The Labute approximate surface area is 133 Å². The number of aryl methyl sites for hydroxylation is 1. The Bertz CT molecular complexity index is 920. The molecular weight excluding hydrogens is 323 g/mol. The molecular formula is C14H11FN4O3S. The summed E-state index contributed by atoms with van der Waals surface area (Å²) in [5, 5.41) is 21.2. The van der Waals surface area contributed by atoms with E-state index in [0.717, 1.165) is 21.4 Å². The summed E-state index contributed by atoms with van der Waals surface area (Å²) in [6, 6.07) is 5.77. The fraction of sp³-hybridized carbons (Fsp3) is 0.214. The first-order chi connectivity index (χ1) is 11.0. The number of carbonyl (C=O) groups is 1. The van der Waals surface area contributed by atoms with Crippen LogP contribution in [0.1, 0.15) is 22.7 Å². The predicted octanol–water partition coefficient (Wildman–Crippen LogP) is 1.29. The van der Waals surface area contributed by atoms with Crippen molar-refractivity contribution in [3.8, 4) is 0 Å². The van der Waals surface area contributed by atoms with Crippen molar-refractivity contribution in [3.05, 3.63) is 56.7 Å². The van der Waals surface area contributed by atoms with Crippen LogP contribution in [0.3, 0.4) is 0 Å². The third kappa shape index (κ3) is 3.39. The van der Waals surface area contributed by atoms with Gasteiger partial charge in [-0.25, -0.2) is 4.39 Å². The first kappa shape index (κ1) is 15.2. The molecule has 0 spiro atoms. The standard InChI is InChI=1S/C14H11FN4O3S/c15-9-3-1-8(2-4-9)7-10-13(22)19-14(17-16-10)23-11(18-19)5-6-12(20)21/h1-4H,5-7H2,(H,20,21). The van der Waals surface area contributed by atoms with Gasteiger partial charge < -0.3 is 5.11 Å². The molecule has 0 atom stereocenters. The summed E-state index contributed by atoms with van der Waals surface area (Å²) < 4.78 is 14.0. The highest BCUT2D eigenvalue weighted by Gasteiger charge is 2.13. The normalized spacial score (nSPS) is 11.0. The molecule has 0 amide bonds. The van der Waals surface area contributed by atoms with Gasteiger partial charge in [-0.15, -0.1) is 10.2 Å². The largest absolute Gasteiger partial charge is 0.481 e. The van der Waals surface area contributed by atoms with Crippen molar-refractivity contribution in [2.75, 3.05) is 0 Å². The van der Waals surface area contributed by atoms with Crippen molar-refractivity contribution in [3.63, 3.8) is 0 Å². The van der Waals surface area contributed by atoms with Crippen LogP contribution < -0.4 is 5.56 Å². The highest BCUT2D eigenvalue weighted by molar-refractivity contribution is 7.16. The Balaban J connectivity index is 1.90. The van der Waals surface area contributed by atoms with Crippen molar-refractivity contribution in [1.29, 1.82) is 0 Å². The van der Waals surface area contributed by atoms with Crippen molar-refractivity contribution >= 4 is 22.3 Å². The lowest BCUT2D eigenvalue weighted by atomic mass is 10.1. The first-order valence-electron chi connectivity index (χ1n) is 6.73. The Morgan fingerprint density at radius 3 is 2.70 bits per heavy atom. The van der Waals surface area contributed by atoms with Crippen LogP contribution in [0.5, 0.6) is 0 Å². The minimum Gasteiger partial charge on any atom is -0.481 e. The van der Waals surface area contributed by atoms with Crippen LogP contribution in [0, 0.1) is 5.82 Å². The molecule has 7 nitrogen and oxygen atoms in total. The molecule has 0 saturated carbocycles. The number of aromatic nitrogens is 4. The van der Waals surface area contributed by atoms with E-state index in [1.165, 1.54) is 12.1 Å². The lowest BCUT2D eigenvalue weighted by Gasteiger charge is -1.99. The van der Waals surface area contributed by atoms with Gasteiger partial charge in [0.05, 0.1) is 6.42 Å². The summed E-state index contributed by atoms with van der Waals surface area (Å²) in [4.78, 5) is 23.3. The number of carboxylic acids is 1. The molecule has 3 aromatic rings. The highest BCUT2D eigenvalue weighted by atomic mass is 32.1. The van der Waals surface area contributed by atoms with E-state index in [0.29, 0.717) is 9.97 Å². The Morgan fingerprint density at radius 2 is 2.00 bits per heavy atom. The fourth-order valence-electron chi connectivity index (χ4n) is 2.01. The van der Waals surface area contributed by atoms with E-state index in [9.17, 15) is 14.0 Å². The molecule has 0 aliphatic carbocycles. The molecule has 9 heteroatoms. The van der Waals surface area contributed by atoms with E-state index in [1.54, 1.807) is 12.1 Å². The van der Waals surface area contributed by atoms with E-state index < -0.39 is 11.5 Å². The number of fused-ring (bicyclic) bond motifs is 1. The zero-order valence-corrected chi connectivity index (χ0v) is 12.6. The molecule has 0 unspecified atom stereocenters. The van der Waals surface area contributed by atoms with Gasteiger partial charge in [-0.3, -0.25) is 9.59 Å². The molecule has 0 saturated heterocycles. The number of hydrogen-bond donors (Lipinski definition) is 1. The average Bonchev–Trinajstić information content (AvgIpc) is 2.94. The quantitative estimate of drug-likeness (QED) is 0.755. The second-order valence-corrected chi connectivity index (χ2v) is 5.88. The minimum atomic E-state index is -0.931. The van der Waals surface area contributed by atoms with E-state index >= 15 is 0 Å². The van der Waals surface area contributed by atoms with Crippen molar-refractivity contribution < 1.29 is 14.3 Å². The van der Waals surface area contributed by atoms with Crippen LogP contribution >= 0.6 is 11.3 Å². The van der Waals surface area contributed by atoms with Gasteiger partial charge in [-0.2, -0.15) is 9.61 Å². The molecule has 0 aliphatic rings. The Kier molecular flexibility index (Phi) is 4.11. The average molecular weight is 334 g/mol. The second-order valence-electron chi connectivity index (χ2n) is 4.84. The lowest BCUT2D eigenvalue weighted by molar-refractivity contribution is -0.136. The molecule has 118 valence electrons. The molecule has 2 aromatic heterocycles. The van der Waals surface area contributed by atoms with Gasteiger partial charge >= 0.3 is 5.97 Å². The third-order valence-electron chi connectivity index (χ3n) is 3.13. The van der Waals surface area contributed by atoms with E-state index in [2.05, 4.69) is 15.3 Å². The van der Waals surface area contributed by atoms with Crippen molar-refractivity contribution in [1.82, 2.24) is 19.8 Å². The number of halogens is 1. The van der Waals surface area contributed by atoms with Crippen molar-refractivity contribution in [2.24, 2.45) is 0 Å².